The highest BCUT2D eigenvalue weighted by molar-refractivity contribution is 5.92. The van der Waals surface area contributed by atoms with E-state index in [4.69, 9.17) is 4.74 Å². The molecule has 0 spiro atoms. The van der Waals surface area contributed by atoms with Crippen molar-refractivity contribution < 1.29 is 19.1 Å². The summed E-state index contributed by atoms with van der Waals surface area (Å²) in [5.41, 5.74) is 2.31. The number of carbonyl (C=O) groups is 3. The summed E-state index contributed by atoms with van der Waals surface area (Å²) in [5, 5.41) is 6.18. The Morgan fingerprint density at radius 1 is 0.927 bits per heavy atom. The van der Waals surface area contributed by atoms with Gasteiger partial charge in [0.15, 0.2) is 0 Å². The fourth-order valence-corrected chi connectivity index (χ4v) is 5.54. The number of amides is 3. The molecule has 2 N–H and O–H groups in total. The van der Waals surface area contributed by atoms with Crippen molar-refractivity contribution in [2.45, 2.75) is 150 Å². The molecule has 0 aromatic heterocycles. The lowest BCUT2D eigenvalue weighted by atomic mass is 9.92. The van der Waals surface area contributed by atoms with Crippen LogP contribution in [0.15, 0.2) is 18.2 Å². The lowest BCUT2D eigenvalue weighted by Gasteiger charge is -2.40. The Kier molecular flexibility index (Phi) is 13.2. The van der Waals surface area contributed by atoms with Crippen molar-refractivity contribution >= 4 is 17.9 Å². The SMILES string of the molecule is Cc1ccc(C(C(=O)NC2CCCCC2)N(C(=O)C(CC(C)C)NC(=O)OC(C)(C)C)C(C)CCC(C)C)cc1C. The van der Waals surface area contributed by atoms with E-state index in [1.54, 1.807) is 25.7 Å². The van der Waals surface area contributed by atoms with Gasteiger partial charge >= 0.3 is 6.09 Å². The van der Waals surface area contributed by atoms with Crippen LogP contribution in [0.5, 0.6) is 0 Å². The maximum Gasteiger partial charge on any atom is 0.408 e. The van der Waals surface area contributed by atoms with Crippen molar-refractivity contribution in [3.63, 3.8) is 0 Å². The number of hydrogen-bond donors (Lipinski definition) is 2. The molecule has 0 saturated heterocycles. The molecule has 1 saturated carbocycles. The molecule has 1 aliphatic rings. The van der Waals surface area contributed by atoms with Crippen molar-refractivity contribution in [2.24, 2.45) is 11.8 Å². The maximum atomic E-state index is 14.6. The summed E-state index contributed by atoms with van der Waals surface area (Å²) >= 11 is 0. The normalized spacial score (nSPS) is 16.7. The molecule has 0 heterocycles. The van der Waals surface area contributed by atoms with Gasteiger partial charge < -0.3 is 20.3 Å². The van der Waals surface area contributed by atoms with Crippen molar-refractivity contribution in [3.05, 3.63) is 34.9 Å². The van der Waals surface area contributed by atoms with Crippen LogP contribution in [0.3, 0.4) is 0 Å². The lowest BCUT2D eigenvalue weighted by Crippen LogP contribution is -2.56. The minimum atomic E-state index is -0.817. The fraction of sp³-hybridized carbons (Fsp3) is 0.735. The van der Waals surface area contributed by atoms with E-state index in [9.17, 15) is 14.4 Å². The molecule has 1 fully saturated rings. The first-order chi connectivity index (χ1) is 19.1. The summed E-state index contributed by atoms with van der Waals surface area (Å²) in [6, 6.07) is 4.31. The molecule has 1 aromatic carbocycles. The van der Waals surface area contributed by atoms with E-state index in [0.29, 0.717) is 12.3 Å². The van der Waals surface area contributed by atoms with Gasteiger partial charge in [0.05, 0.1) is 0 Å². The molecule has 3 unspecified atom stereocenters. The molecule has 3 atom stereocenters. The van der Waals surface area contributed by atoms with Crippen LogP contribution >= 0.6 is 0 Å². The number of carbonyl (C=O) groups excluding carboxylic acids is 3. The first-order valence-corrected chi connectivity index (χ1v) is 15.8. The van der Waals surface area contributed by atoms with Crippen LogP contribution in [0.1, 0.15) is 129 Å². The number of ether oxygens (including phenoxy) is 1. The van der Waals surface area contributed by atoms with Gasteiger partial charge in [0.1, 0.15) is 17.7 Å². The highest BCUT2D eigenvalue weighted by Gasteiger charge is 2.39. The number of alkyl carbamates (subject to hydrolysis) is 1. The van der Waals surface area contributed by atoms with E-state index in [1.165, 1.54) is 6.42 Å². The van der Waals surface area contributed by atoms with E-state index in [-0.39, 0.29) is 29.8 Å². The predicted molar refractivity (Wildman–Crippen MR) is 167 cm³/mol. The zero-order valence-corrected chi connectivity index (χ0v) is 27.4. The average Bonchev–Trinajstić information content (AvgIpc) is 2.86. The zero-order valence-electron chi connectivity index (χ0n) is 27.4. The smallest absolute Gasteiger partial charge is 0.408 e. The number of nitrogens with one attached hydrogen (secondary N) is 2. The number of benzene rings is 1. The maximum absolute atomic E-state index is 14.6. The van der Waals surface area contributed by atoms with Crippen LogP contribution in [0.2, 0.25) is 0 Å². The largest absolute Gasteiger partial charge is 0.444 e. The monoisotopic (exact) mass is 571 g/mol. The van der Waals surface area contributed by atoms with E-state index in [0.717, 1.165) is 55.2 Å². The van der Waals surface area contributed by atoms with Gasteiger partial charge in [-0.05, 0) is 102 Å². The summed E-state index contributed by atoms with van der Waals surface area (Å²) in [5.74, 6) is 0.202. The Hall–Kier alpha value is -2.57. The van der Waals surface area contributed by atoms with E-state index in [1.807, 2.05) is 52.8 Å². The van der Waals surface area contributed by atoms with Crippen LogP contribution in [0, 0.1) is 25.7 Å². The van der Waals surface area contributed by atoms with Crippen LogP contribution in [-0.2, 0) is 14.3 Å². The molecule has 232 valence electrons. The highest BCUT2D eigenvalue weighted by atomic mass is 16.6. The van der Waals surface area contributed by atoms with Crippen LogP contribution < -0.4 is 10.6 Å². The number of hydrogen-bond acceptors (Lipinski definition) is 4. The van der Waals surface area contributed by atoms with Crippen LogP contribution in [0.4, 0.5) is 4.79 Å². The predicted octanol–water partition coefficient (Wildman–Crippen LogP) is 7.39. The Balaban J connectivity index is 2.59. The topological polar surface area (TPSA) is 87.7 Å². The Labute approximate surface area is 249 Å². The van der Waals surface area contributed by atoms with Gasteiger partial charge in [-0.25, -0.2) is 4.79 Å². The second-order valence-electron chi connectivity index (χ2n) is 14.0. The zero-order chi connectivity index (χ0) is 30.9. The molecule has 7 heteroatoms. The number of nitrogens with zero attached hydrogens (tertiary/aromatic N) is 1. The summed E-state index contributed by atoms with van der Waals surface area (Å²) in [4.78, 5) is 43.5. The van der Waals surface area contributed by atoms with Crippen molar-refractivity contribution in [3.8, 4) is 0 Å². The third kappa shape index (κ3) is 11.3. The van der Waals surface area contributed by atoms with E-state index >= 15 is 0 Å². The minimum absolute atomic E-state index is 0.111. The third-order valence-corrected chi connectivity index (χ3v) is 7.91. The molecule has 0 radical (unpaired) electrons. The van der Waals surface area contributed by atoms with Gasteiger partial charge in [-0.2, -0.15) is 0 Å². The quantitative estimate of drug-likeness (QED) is 0.274. The van der Waals surface area contributed by atoms with Crippen molar-refractivity contribution in [1.82, 2.24) is 15.5 Å². The van der Waals surface area contributed by atoms with E-state index < -0.39 is 23.8 Å². The third-order valence-electron chi connectivity index (χ3n) is 7.91. The van der Waals surface area contributed by atoms with Gasteiger partial charge in [0.25, 0.3) is 0 Å². The van der Waals surface area contributed by atoms with Gasteiger partial charge in [0, 0.05) is 12.1 Å². The lowest BCUT2D eigenvalue weighted by molar-refractivity contribution is -0.146. The Bertz CT molecular complexity index is 1010. The minimum Gasteiger partial charge on any atom is -0.444 e. The summed E-state index contributed by atoms with van der Waals surface area (Å²) in [6.45, 7) is 19.9. The molecule has 1 aromatic rings. The van der Waals surface area contributed by atoms with Gasteiger partial charge in [0.2, 0.25) is 11.8 Å². The highest BCUT2D eigenvalue weighted by Crippen LogP contribution is 2.30. The molecule has 7 nitrogen and oxygen atoms in total. The molecular formula is C34H57N3O4. The number of rotatable bonds is 12. The molecule has 1 aliphatic carbocycles. The first kappa shape index (κ1) is 34.6. The number of aryl methyl sites for hydroxylation is 2. The van der Waals surface area contributed by atoms with Gasteiger partial charge in [-0.1, -0.05) is 65.2 Å². The summed E-state index contributed by atoms with van der Waals surface area (Å²) in [7, 11) is 0. The standard InChI is InChI=1S/C34H57N3O4/c1-22(2)16-18-26(7)37(32(39)29(20-23(3)4)36-33(40)41-34(8,9)10)30(27-19-17-24(5)25(6)21-27)31(38)35-28-14-12-11-13-15-28/h17,19,21-23,26,28-30H,11-16,18,20H2,1-10H3,(H,35,38)(H,36,40). The van der Waals surface area contributed by atoms with Gasteiger partial charge in [-0.3, -0.25) is 9.59 Å². The molecule has 41 heavy (non-hydrogen) atoms. The molecule has 3 amide bonds. The molecule has 0 bridgehead atoms. The summed E-state index contributed by atoms with van der Waals surface area (Å²) < 4.78 is 5.54. The molecule has 2 rings (SSSR count). The van der Waals surface area contributed by atoms with Gasteiger partial charge in [-0.15, -0.1) is 0 Å². The second kappa shape index (κ2) is 15.6. The second-order valence-corrected chi connectivity index (χ2v) is 14.0. The molecular weight excluding hydrogens is 514 g/mol. The average molecular weight is 572 g/mol. The van der Waals surface area contributed by atoms with Crippen molar-refractivity contribution in [1.29, 1.82) is 0 Å². The van der Waals surface area contributed by atoms with Crippen LogP contribution in [-0.4, -0.2) is 46.5 Å². The van der Waals surface area contributed by atoms with Crippen molar-refractivity contribution in [2.75, 3.05) is 0 Å². The fourth-order valence-electron chi connectivity index (χ4n) is 5.54. The van der Waals surface area contributed by atoms with E-state index in [2.05, 4.69) is 24.5 Å². The Morgan fingerprint density at radius 2 is 1.56 bits per heavy atom. The first-order valence-electron chi connectivity index (χ1n) is 15.8. The molecule has 0 aliphatic heterocycles. The van der Waals surface area contributed by atoms with Crippen LogP contribution in [0.25, 0.3) is 0 Å². The Morgan fingerprint density at radius 3 is 2.10 bits per heavy atom. The summed E-state index contributed by atoms with van der Waals surface area (Å²) in [6.07, 6.45) is 6.79.